The summed E-state index contributed by atoms with van der Waals surface area (Å²) in [6, 6.07) is 10.9. The third-order valence-corrected chi connectivity index (χ3v) is 5.36. The molecule has 0 unspecified atom stereocenters. The lowest BCUT2D eigenvalue weighted by molar-refractivity contribution is -0.114. The molecule has 0 saturated carbocycles. The molecule has 6 nitrogen and oxygen atoms in total. The first-order valence-electron chi connectivity index (χ1n) is 7.75. The Balaban J connectivity index is 1.72. The number of fused-ring (bicyclic) bond motifs is 1. The zero-order valence-corrected chi connectivity index (χ0v) is 16.1. The minimum atomic E-state index is -4.67. The van der Waals surface area contributed by atoms with Crippen LogP contribution in [0.25, 0.3) is 11.8 Å². The van der Waals surface area contributed by atoms with E-state index in [9.17, 15) is 18.0 Å². The SMILES string of the molecule is N=C1/C(=C\c2cccn2-c2ccc(Br)cc2)C(=O)N=C2SC(C(F)(F)F)=NN12. The number of alkyl halides is 3. The minimum absolute atomic E-state index is 0.145. The maximum absolute atomic E-state index is 12.9. The summed E-state index contributed by atoms with van der Waals surface area (Å²) in [5, 5.41) is 10.8. The molecule has 2 aliphatic heterocycles. The number of hydrazone groups is 1. The fourth-order valence-corrected chi connectivity index (χ4v) is 3.63. The van der Waals surface area contributed by atoms with Crippen LogP contribution in [-0.4, -0.2) is 37.7 Å². The maximum Gasteiger partial charge on any atom is 0.441 e. The highest BCUT2D eigenvalue weighted by molar-refractivity contribution is 9.10. The predicted octanol–water partition coefficient (Wildman–Crippen LogP) is 4.42. The first-order chi connectivity index (χ1) is 13.2. The third-order valence-electron chi connectivity index (χ3n) is 3.87. The van der Waals surface area contributed by atoms with Gasteiger partial charge in [-0.2, -0.15) is 28.3 Å². The lowest BCUT2D eigenvalue weighted by Crippen LogP contribution is -2.35. The molecule has 1 aromatic heterocycles. The predicted molar refractivity (Wildman–Crippen MR) is 105 cm³/mol. The van der Waals surface area contributed by atoms with Crippen LogP contribution in [-0.2, 0) is 4.79 Å². The molecule has 1 N–H and O–H groups in total. The number of amidine groups is 2. The molecular weight excluding hydrogens is 459 g/mol. The number of thioether (sulfide) groups is 1. The van der Waals surface area contributed by atoms with E-state index in [1.165, 1.54) is 6.08 Å². The molecule has 11 heteroatoms. The van der Waals surface area contributed by atoms with Crippen molar-refractivity contribution in [3.63, 3.8) is 0 Å². The van der Waals surface area contributed by atoms with E-state index in [1.54, 1.807) is 22.9 Å². The fraction of sp³-hybridized carbons (Fsp3) is 0.0588. The van der Waals surface area contributed by atoms with Crippen LogP contribution in [0, 0.1) is 5.41 Å². The number of hydrogen-bond acceptors (Lipinski definition) is 4. The summed E-state index contributed by atoms with van der Waals surface area (Å²) in [6.45, 7) is 0. The van der Waals surface area contributed by atoms with Crippen LogP contribution in [0.15, 0.2) is 62.7 Å². The average molecular weight is 468 g/mol. The molecule has 1 aromatic carbocycles. The Morgan fingerprint density at radius 1 is 1.18 bits per heavy atom. The van der Waals surface area contributed by atoms with E-state index in [0.717, 1.165) is 15.2 Å². The smallest absolute Gasteiger partial charge is 0.317 e. The summed E-state index contributed by atoms with van der Waals surface area (Å²) in [6.07, 6.45) is -1.49. The van der Waals surface area contributed by atoms with Crippen molar-refractivity contribution in [1.82, 2.24) is 9.58 Å². The Labute approximate surface area is 169 Å². The van der Waals surface area contributed by atoms with Crippen molar-refractivity contribution in [2.75, 3.05) is 0 Å². The van der Waals surface area contributed by atoms with Gasteiger partial charge in [-0.3, -0.25) is 10.2 Å². The summed E-state index contributed by atoms with van der Waals surface area (Å²) in [5.74, 6) is -1.24. The molecule has 0 radical (unpaired) electrons. The number of carbonyl (C=O) groups excluding carboxylic acids is 1. The van der Waals surface area contributed by atoms with Gasteiger partial charge in [-0.25, -0.2) is 0 Å². The minimum Gasteiger partial charge on any atom is -0.317 e. The zero-order chi connectivity index (χ0) is 20.1. The summed E-state index contributed by atoms with van der Waals surface area (Å²) in [4.78, 5) is 16.0. The molecule has 0 saturated heterocycles. The molecule has 1 amide bonds. The van der Waals surface area contributed by atoms with Crippen LogP contribution >= 0.6 is 27.7 Å². The Hall–Kier alpha value is -2.66. The molecule has 4 rings (SSSR count). The fourth-order valence-electron chi connectivity index (χ4n) is 2.60. The molecule has 0 aliphatic carbocycles. The van der Waals surface area contributed by atoms with Gasteiger partial charge in [0.25, 0.3) is 5.91 Å². The number of benzene rings is 1. The van der Waals surface area contributed by atoms with Gasteiger partial charge in [0.2, 0.25) is 10.2 Å². The highest BCUT2D eigenvalue weighted by Crippen LogP contribution is 2.35. The van der Waals surface area contributed by atoms with Crippen LogP contribution in [0.3, 0.4) is 0 Å². The molecule has 2 aliphatic rings. The first kappa shape index (κ1) is 18.7. The number of halogens is 4. The number of carbonyl (C=O) groups is 1. The van der Waals surface area contributed by atoms with Crippen LogP contribution in [0.4, 0.5) is 13.2 Å². The van der Waals surface area contributed by atoms with Gasteiger partial charge in [-0.05, 0) is 54.2 Å². The molecular formula is C17H9BrF3N5OS. The lowest BCUT2D eigenvalue weighted by Gasteiger charge is -2.20. The average Bonchev–Trinajstić information content (AvgIpc) is 3.26. The van der Waals surface area contributed by atoms with E-state index in [1.807, 2.05) is 24.3 Å². The van der Waals surface area contributed by atoms with Gasteiger partial charge in [-0.15, -0.1) is 0 Å². The van der Waals surface area contributed by atoms with Crippen molar-refractivity contribution in [2.45, 2.75) is 6.18 Å². The van der Waals surface area contributed by atoms with E-state index in [4.69, 9.17) is 5.41 Å². The van der Waals surface area contributed by atoms with Crippen molar-refractivity contribution in [3.05, 3.63) is 58.3 Å². The molecule has 2 aromatic rings. The van der Waals surface area contributed by atoms with Crippen molar-refractivity contribution >= 4 is 55.7 Å². The van der Waals surface area contributed by atoms with E-state index < -0.39 is 23.0 Å². The Bertz CT molecular complexity index is 1080. The van der Waals surface area contributed by atoms with E-state index in [-0.39, 0.29) is 22.5 Å². The lowest BCUT2D eigenvalue weighted by atomic mass is 10.1. The number of nitrogens with one attached hydrogen (secondary N) is 1. The number of nitrogens with zero attached hydrogens (tertiary/aromatic N) is 4. The quantitative estimate of drug-likeness (QED) is 0.664. The van der Waals surface area contributed by atoms with E-state index in [0.29, 0.717) is 5.69 Å². The molecule has 3 heterocycles. The highest BCUT2D eigenvalue weighted by atomic mass is 79.9. The summed E-state index contributed by atoms with van der Waals surface area (Å²) < 4.78 is 41.3. The number of aliphatic imine (C=N–C) groups is 1. The van der Waals surface area contributed by atoms with Gasteiger partial charge in [0.05, 0.1) is 5.57 Å². The topological polar surface area (TPSA) is 73.8 Å². The second kappa shape index (κ2) is 6.74. The van der Waals surface area contributed by atoms with Crippen molar-refractivity contribution in [1.29, 1.82) is 5.41 Å². The first-order valence-corrected chi connectivity index (χ1v) is 9.36. The Morgan fingerprint density at radius 2 is 1.89 bits per heavy atom. The molecule has 0 atom stereocenters. The molecule has 0 bridgehead atoms. The highest BCUT2D eigenvalue weighted by Gasteiger charge is 2.46. The Morgan fingerprint density at radius 3 is 2.57 bits per heavy atom. The number of rotatable bonds is 2. The second-order valence-corrected chi connectivity index (χ2v) is 7.57. The van der Waals surface area contributed by atoms with E-state index >= 15 is 0 Å². The van der Waals surface area contributed by atoms with Gasteiger partial charge in [0.15, 0.2) is 5.84 Å². The second-order valence-electron chi connectivity index (χ2n) is 5.70. The molecule has 0 spiro atoms. The summed E-state index contributed by atoms with van der Waals surface area (Å²) >= 11 is 3.58. The standard InChI is InChI=1S/C17H9BrF3N5OS/c18-9-3-5-10(6-4-9)25-7-1-2-11(25)8-12-13(22)26-16(23-14(12)27)28-15(24-26)17(19,20)21/h1-8,22H/b12-8+,22-13?. The summed E-state index contributed by atoms with van der Waals surface area (Å²) in [5.41, 5.74) is 1.24. The van der Waals surface area contributed by atoms with Crippen molar-refractivity contribution in [3.8, 4) is 5.69 Å². The van der Waals surface area contributed by atoms with Gasteiger partial charge >= 0.3 is 6.18 Å². The molecule has 142 valence electrons. The monoisotopic (exact) mass is 467 g/mol. The van der Waals surface area contributed by atoms with Gasteiger partial charge in [-0.1, -0.05) is 15.9 Å². The summed E-state index contributed by atoms with van der Waals surface area (Å²) in [7, 11) is 0. The number of amides is 1. The third kappa shape index (κ3) is 3.31. The zero-order valence-electron chi connectivity index (χ0n) is 13.7. The van der Waals surface area contributed by atoms with Crippen molar-refractivity contribution in [2.24, 2.45) is 10.1 Å². The van der Waals surface area contributed by atoms with Crippen LogP contribution in [0.2, 0.25) is 0 Å². The largest absolute Gasteiger partial charge is 0.441 e. The van der Waals surface area contributed by atoms with Crippen LogP contribution in [0.5, 0.6) is 0 Å². The normalized spacial score (nSPS) is 18.4. The number of aromatic nitrogens is 1. The molecule has 0 fully saturated rings. The van der Waals surface area contributed by atoms with Crippen LogP contribution < -0.4 is 0 Å². The van der Waals surface area contributed by atoms with Gasteiger partial charge < -0.3 is 4.57 Å². The maximum atomic E-state index is 12.9. The number of hydrogen-bond donors (Lipinski definition) is 1. The van der Waals surface area contributed by atoms with Crippen LogP contribution in [0.1, 0.15) is 5.69 Å². The van der Waals surface area contributed by atoms with E-state index in [2.05, 4.69) is 26.0 Å². The molecule has 28 heavy (non-hydrogen) atoms. The Kier molecular flexibility index (Phi) is 4.50. The van der Waals surface area contributed by atoms with Gasteiger partial charge in [0, 0.05) is 22.1 Å². The van der Waals surface area contributed by atoms with Crippen molar-refractivity contribution < 1.29 is 18.0 Å². The van der Waals surface area contributed by atoms with Gasteiger partial charge in [0.1, 0.15) is 0 Å².